The first-order valence-corrected chi connectivity index (χ1v) is 22.6. The quantitative estimate of drug-likeness (QED) is 0.244. The fourth-order valence-electron chi connectivity index (χ4n) is 8.93. The van der Waals surface area contributed by atoms with E-state index >= 15 is 0 Å². The predicted octanol–water partition coefficient (Wildman–Crippen LogP) is 4.39. The lowest BCUT2D eigenvalue weighted by molar-refractivity contribution is -0.146. The van der Waals surface area contributed by atoms with E-state index in [1.807, 2.05) is 31.2 Å². The van der Waals surface area contributed by atoms with E-state index < -0.39 is 68.3 Å². The van der Waals surface area contributed by atoms with E-state index in [-0.39, 0.29) is 19.4 Å². The second-order valence-corrected chi connectivity index (χ2v) is 19.8. The number of benzene rings is 1. The molecule has 5 amide bonds. The maximum Gasteiger partial charge on any atom is 0.317 e. The van der Waals surface area contributed by atoms with Gasteiger partial charge in [0.05, 0.1) is 30.1 Å². The van der Waals surface area contributed by atoms with Crippen LogP contribution >= 0.6 is 11.3 Å². The fourth-order valence-corrected chi connectivity index (χ4v) is 11.9. The number of amides is 5. The number of urea groups is 1. The SMILES string of the molecule is COc1ccc2c(O[C@@H]3C[C@H]4C(=O)N[C@]56C[C@]5(/C=C\CCCCC[C@H](NC(=O)N(C)C)C(=O)N4C3)N(S(=O)(=O)C3CC3)C6=O)cc(-c3nc(C4CC4)cs3)nc2c1C. The smallest absolute Gasteiger partial charge is 0.317 e. The summed E-state index contributed by atoms with van der Waals surface area (Å²) in [4.78, 5) is 68.8. The minimum Gasteiger partial charge on any atom is -0.496 e. The highest BCUT2D eigenvalue weighted by Gasteiger charge is 2.88. The molecule has 5 heterocycles. The van der Waals surface area contributed by atoms with Crippen LogP contribution in [-0.4, -0.2) is 119 Å². The Hall–Kier alpha value is -4.77. The van der Waals surface area contributed by atoms with Gasteiger partial charge >= 0.3 is 6.03 Å². The zero-order valence-electron chi connectivity index (χ0n) is 33.2. The fraction of sp³-hybridized carbons (Fsp3) is 0.561. The first kappa shape index (κ1) is 38.7. The van der Waals surface area contributed by atoms with Crippen LogP contribution in [-0.2, 0) is 24.4 Å². The Morgan fingerprint density at radius 2 is 1.84 bits per heavy atom. The number of aromatic nitrogens is 2. The summed E-state index contributed by atoms with van der Waals surface area (Å²) in [5.41, 5.74) is 0.593. The number of pyridine rings is 1. The molecule has 1 aromatic carbocycles. The molecule has 17 heteroatoms. The molecular formula is C41H49N7O8S2. The van der Waals surface area contributed by atoms with Gasteiger partial charge < -0.3 is 29.9 Å². The first-order valence-electron chi connectivity index (χ1n) is 20.3. The molecule has 3 saturated carbocycles. The molecule has 0 radical (unpaired) electrons. The molecule has 6 aliphatic rings. The van der Waals surface area contributed by atoms with E-state index in [1.165, 1.54) is 21.1 Å². The summed E-state index contributed by atoms with van der Waals surface area (Å²) in [5, 5.41) is 8.81. The highest BCUT2D eigenvalue weighted by Crippen LogP contribution is 2.65. The average molecular weight is 832 g/mol. The number of rotatable bonds is 8. The number of thiazole rings is 1. The molecule has 3 aromatic rings. The van der Waals surface area contributed by atoms with Crippen LogP contribution in [0.5, 0.6) is 11.5 Å². The summed E-state index contributed by atoms with van der Waals surface area (Å²) >= 11 is 1.52. The summed E-state index contributed by atoms with van der Waals surface area (Å²) in [6.07, 6.45) is 9.61. The summed E-state index contributed by atoms with van der Waals surface area (Å²) in [6.45, 7) is 1.96. The number of β-lactam (4-membered cyclic amide) rings is 1. The van der Waals surface area contributed by atoms with Crippen LogP contribution in [0.4, 0.5) is 4.79 Å². The number of hydrogen-bond donors (Lipinski definition) is 2. The van der Waals surface area contributed by atoms with E-state index in [0.717, 1.165) is 51.6 Å². The number of nitrogens with zero attached hydrogens (tertiary/aromatic N) is 5. The van der Waals surface area contributed by atoms with Crippen molar-refractivity contribution in [2.75, 3.05) is 27.7 Å². The van der Waals surface area contributed by atoms with E-state index in [9.17, 15) is 27.6 Å². The van der Waals surface area contributed by atoms with Crippen LogP contribution in [0.25, 0.3) is 21.6 Å². The van der Waals surface area contributed by atoms with E-state index in [0.29, 0.717) is 60.7 Å². The Kier molecular flexibility index (Phi) is 9.49. The number of carbonyl (C=O) groups is 4. The Morgan fingerprint density at radius 3 is 2.57 bits per heavy atom. The van der Waals surface area contributed by atoms with Crippen LogP contribution in [0, 0.1) is 6.92 Å². The Morgan fingerprint density at radius 1 is 1.05 bits per heavy atom. The van der Waals surface area contributed by atoms with Gasteiger partial charge in [0.2, 0.25) is 21.8 Å². The average Bonchev–Trinajstić information content (AvgIpc) is 4.16. The van der Waals surface area contributed by atoms with Gasteiger partial charge in [0.1, 0.15) is 45.9 Å². The summed E-state index contributed by atoms with van der Waals surface area (Å²) < 4.78 is 40.5. The van der Waals surface area contributed by atoms with Crippen molar-refractivity contribution in [3.05, 3.63) is 47.0 Å². The minimum absolute atomic E-state index is 0.0246. The predicted molar refractivity (Wildman–Crippen MR) is 216 cm³/mol. The summed E-state index contributed by atoms with van der Waals surface area (Å²) in [6, 6.07) is 3.17. The topological polar surface area (TPSA) is 180 Å². The van der Waals surface area contributed by atoms with Crippen LogP contribution < -0.4 is 20.1 Å². The van der Waals surface area contributed by atoms with E-state index in [2.05, 4.69) is 16.0 Å². The number of hydrogen-bond acceptors (Lipinski definition) is 11. The minimum atomic E-state index is -3.88. The molecular weight excluding hydrogens is 783 g/mol. The maximum absolute atomic E-state index is 14.6. The van der Waals surface area contributed by atoms with Gasteiger partial charge in [0.25, 0.3) is 5.91 Å². The lowest BCUT2D eigenvalue weighted by atomic mass is 9.97. The molecule has 15 nitrogen and oxygen atoms in total. The number of aryl methyl sites for hydroxylation is 1. The maximum atomic E-state index is 14.6. The van der Waals surface area contributed by atoms with Crippen molar-refractivity contribution in [3.8, 4) is 22.2 Å². The van der Waals surface area contributed by atoms with Crippen LogP contribution in [0.3, 0.4) is 0 Å². The second kappa shape index (κ2) is 14.2. The van der Waals surface area contributed by atoms with E-state index in [4.69, 9.17) is 19.4 Å². The van der Waals surface area contributed by atoms with Crippen molar-refractivity contribution in [2.45, 2.75) is 118 Å². The zero-order valence-corrected chi connectivity index (χ0v) is 34.8. The lowest BCUT2D eigenvalue weighted by Crippen LogP contribution is -2.72. The largest absolute Gasteiger partial charge is 0.496 e. The van der Waals surface area contributed by atoms with Crippen molar-refractivity contribution >= 4 is 56.0 Å². The number of sulfonamides is 1. The molecule has 5 fully saturated rings. The van der Waals surface area contributed by atoms with Gasteiger partial charge in [-0.25, -0.2) is 27.5 Å². The van der Waals surface area contributed by atoms with Crippen molar-refractivity contribution in [3.63, 3.8) is 0 Å². The van der Waals surface area contributed by atoms with Gasteiger partial charge in [-0.2, -0.15) is 0 Å². The van der Waals surface area contributed by atoms with Crippen molar-refractivity contribution in [2.24, 2.45) is 0 Å². The normalized spacial score (nSPS) is 29.2. The van der Waals surface area contributed by atoms with Gasteiger partial charge in [0.15, 0.2) is 5.54 Å². The van der Waals surface area contributed by atoms with Crippen molar-refractivity contribution in [1.82, 2.24) is 34.7 Å². The monoisotopic (exact) mass is 831 g/mol. The van der Waals surface area contributed by atoms with Crippen LogP contribution in [0.15, 0.2) is 35.7 Å². The third-order valence-corrected chi connectivity index (χ3v) is 15.8. The summed E-state index contributed by atoms with van der Waals surface area (Å²) in [5.74, 6) is 0.000294. The third-order valence-electron chi connectivity index (χ3n) is 12.6. The molecule has 0 spiro atoms. The van der Waals surface area contributed by atoms with Crippen molar-refractivity contribution < 1.29 is 37.1 Å². The Bertz CT molecular complexity index is 2360. The molecule has 0 bridgehead atoms. The molecule has 2 saturated heterocycles. The number of fused-ring (bicyclic) bond motifs is 2. The molecule has 9 rings (SSSR count). The van der Waals surface area contributed by atoms with Gasteiger partial charge in [-0.15, -0.1) is 11.3 Å². The molecule has 5 atom stereocenters. The number of allylic oxidation sites excluding steroid dienone is 1. The number of carbonyl (C=O) groups excluding carboxylic acids is 4. The first-order chi connectivity index (χ1) is 27.8. The zero-order chi connectivity index (χ0) is 40.7. The van der Waals surface area contributed by atoms with Gasteiger partial charge in [-0.1, -0.05) is 25.0 Å². The van der Waals surface area contributed by atoms with Gasteiger partial charge in [0, 0.05) is 55.3 Å². The molecule has 2 aromatic heterocycles. The highest BCUT2D eigenvalue weighted by molar-refractivity contribution is 7.90. The number of ether oxygens (including phenoxy) is 2. The molecule has 58 heavy (non-hydrogen) atoms. The standard InChI is InChI=1S/C41H49N7O8S2/c1-23-32(55-4)16-15-27-33(19-29(42-34(23)27)36-43-30(21-57-36)24-11-12-24)56-25-18-31-35(49)45-41-22-40(41,48(38(41)51)58(53,54)26-13-14-26)17-9-7-5-6-8-10-28(37(50)47(31)20-25)44-39(52)46(2)3/h9,15-17,19,21,24-26,28,31H,5-8,10-14,18,20,22H2,1-4H3,(H,44,52)(H,45,49)/b17-9-/t25-,28+,31+,40+,41+/m1/s1. The lowest BCUT2D eigenvalue weighted by Gasteiger charge is -2.44. The number of nitrogens with one attached hydrogen (secondary N) is 2. The van der Waals surface area contributed by atoms with Crippen LogP contribution in [0.2, 0.25) is 0 Å². The second-order valence-electron chi connectivity index (χ2n) is 16.9. The highest BCUT2D eigenvalue weighted by atomic mass is 32.2. The van der Waals surface area contributed by atoms with E-state index in [1.54, 1.807) is 27.3 Å². The summed E-state index contributed by atoms with van der Waals surface area (Å²) in [7, 11) is 0.923. The molecule has 2 N–H and O–H groups in total. The Balaban J connectivity index is 1.06. The molecule has 3 aliphatic carbocycles. The van der Waals surface area contributed by atoms with Gasteiger partial charge in [-0.05, 0) is 64.0 Å². The van der Waals surface area contributed by atoms with Crippen molar-refractivity contribution in [1.29, 1.82) is 0 Å². The van der Waals surface area contributed by atoms with Gasteiger partial charge in [-0.3, -0.25) is 14.4 Å². The third kappa shape index (κ3) is 6.39. The molecule has 3 aliphatic heterocycles. The Labute approximate surface area is 341 Å². The molecule has 308 valence electrons. The molecule has 0 unspecified atom stereocenters. The number of methoxy groups -OCH3 is 1. The van der Waals surface area contributed by atoms with Crippen LogP contribution in [0.1, 0.15) is 87.8 Å².